The molecule has 0 aromatic heterocycles. The minimum Gasteiger partial charge on any atom is -0.465 e. The zero-order chi connectivity index (χ0) is 11.6. The number of hydrogen-bond acceptors (Lipinski definition) is 2. The molecule has 2 rings (SSSR count). The molecule has 1 aliphatic carbocycles. The minimum absolute atomic E-state index is 0.428. The molecule has 3 unspecified atom stereocenters. The lowest BCUT2D eigenvalue weighted by atomic mass is 9.84. The van der Waals surface area contributed by atoms with Crippen molar-refractivity contribution in [1.82, 2.24) is 10.6 Å². The fourth-order valence-electron chi connectivity index (χ4n) is 3.27. The van der Waals surface area contributed by atoms with Crippen LogP contribution in [0.3, 0.4) is 0 Å². The van der Waals surface area contributed by atoms with Crippen LogP contribution in [-0.4, -0.2) is 30.8 Å². The van der Waals surface area contributed by atoms with Gasteiger partial charge in [0.25, 0.3) is 0 Å². The van der Waals surface area contributed by atoms with Crippen molar-refractivity contribution in [3.05, 3.63) is 0 Å². The van der Waals surface area contributed by atoms with Crippen LogP contribution in [0.25, 0.3) is 0 Å². The number of rotatable bonds is 6. The van der Waals surface area contributed by atoms with E-state index in [0.29, 0.717) is 17.9 Å². The second-order valence-electron chi connectivity index (χ2n) is 5.29. The Morgan fingerprint density at radius 1 is 1.69 bits per heavy atom. The molecule has 4 nitrogen and oxygen atoms in total. The van der Waals surface area contributed by atoms with E-state index in [-0.39, 0.29) is 0 Å². The molecule has 1 aliphatic heterocycles. The quantitative estimate of drug-likeness (QED) is 0.645. The first-order valence-corrected chi connectivity index (χ1v) is 6.36. The summed E-state index contributed by atoms with van der Waals surface area (Å²) in [4.78, 5) is 10.6. The molecule has 0 radical (unpaired) electrons. The highest BCUT2D eigenvalue weighted by molar-refractivity contribution is 5.64. The number of nitrogens with one attached hydrogen (secondary N) is 2. The predicted octanol–water partition coefficient (Wildman–Crippen LogP) is 1.67. The third kappa shape index (κ3) is 2.17. The second kappa shape index (κ2) is 4.62. The fraction of sp³-hybridized carbons (Fsp3) is 0.917. The molecule has 0 aromatic rings. The molecule has 0 bridgehead atoms. The Bertz CT molecular complexity index is 270. The van der Waals surface area contributed by atoms with E-state index < -0.39 is 6.09 Å². The van der Waals surface area contributed by atoms with Gasteiger partial charge in [-0.1, -0.05) is 19.8 Å². The zero-order valence-electron chi connectivity index (χ0n) is 9.96. The van der Waals surface area contributed by atoms with E-state index >= 15 is 0 Å². The summed E-state index contributed by atoms with van der Waals surface area (Å²) in [6, 6.07) is 0. The molecule has 0 aromatic carbocycles. The average molecular weight is 226 g/mol. The molecule has 1 saturated carbocycles. The predicted molar refractivity (Wildman–Crippen MR) is 62.5 cm³/mol. The molecule has 1 amide bonds. The monoisotopic (exact) mass is 226 g/mol. The van der Waals surface area contributed by atoms with Crippen molar-refractivity contribution in [2.45, 2.75) is 32.6 Å². The van der Waals surface area contributed by atoms with Gasteiger partial charge in [0.1, 0.15) is 0 Å². The zero-order valence-corrected chi connectivity index (χ0v) is 9.96. The van der Waals surface area contributed by atoms with Crippen LogP contribution in [0.4, 0.5) is 4.79 Å². The minimum atomic E-state index is -0.888. The lowest BCUT2D eigenvalue weighted by molar-refractivity contribution is 0.186. The van der Waals surface area contributed by atoms with Crippen molar-refractivity contribution in [3.8, 4) is 0 Å². The van der Waals surface area contributed by atoms with Crippen molar-refractivity contribution < 1.29 is 9.90 Å². The summed E-state index contributed by atoms with van der Waals surface area (Å²) in [6.45, 7) is 5.05. The van der Waals surface area contributed by atoms with E-state index in [1.807, 2.05) is 0 Å². The van der Waals surface area contributed by atoms with E-state index in [4.69, 9.17) is 5.11 Å². The number of carboxylic acid groups (broad SMARTS) is 1. The normalized spacial score (nSPS) is 33.2. The maximum absolute atomic E-state index is 10.6. The van der Waals surface area contributed by atoms with Gasteiger partial charge in [-0.2, -0.15) is 0 Å². The largest absolute Gasteiger partial charge is 0.465 e. The topological polar surface area (TPSA) is 61.4 Å². The van der Waals surface area contributed by atoms with Gasteiger partial charge in [0, 0.05) is 13.1 Å². The highest BCUT2D eigenvalue weighted by atomic mass is 16.4. The Hall–Kier alpha value is -0.770. The molecule has 3 atom stereocenters. The molecule has 92 valence electrons. The standard InChI is InChI=1S/C12H22N2O2/c1-2-3-4-9(7-14-11(15)16)12-5-10(12)6-13-8-12/h9-10,13-14H,2-8H2,1H3,(H,15,16). The maximum Gasteiger partial charge on any atom is 0.404 e. The first-order chi connectivity index (χ1) is 7.69. The van der Waals surface area contributed by atoms with E-state index in [9.17, 15) is 4.79 Å². The first kappa shape index (κ1) is 11.7. The van der Waals surface area contributed by atoms with Crippen LogP contribution < -0.4 is 10.6 Å². The summed E-state index contributed by atoms with van der Waals surface area (Å²) in [5.41, 5.74) is 0.428. The van der Waals surface area contributed by atoms with Gasteiger partial charge in [-0.15, -0.1) is 0 Å². The lowest BCUT2D eigenvalue weighted by Gasteiger charge is -2.25. The van der Waals surface area contributed by atoms with Gasteiger partial charge in [0.05, 0.1) is 0 Å². The van der Waals surface area contributed by atoms with Crippen LogP contribution in [0.1, 0.15) is 32.6 Å². The third-order valence-electron chi connectivity index (χ3n) is 4.34. The van der Waals surface area contributed by atoms with Crippen LogP contribution >= 0.6 is 0 Å². The van der Waals surface area contributed by atoms with Gasteiger partial charge in [0.2, 0.25) is 0 Å². The summed E-state index contributed by atoms with van der Waals surface area (Å²) in [5.74, 6) is 1.34. The Morgan fingerprint density at radius 2 is 2.50 bits per heavy atom. The molecule has 2 aliphatic rings. The number of amides is 1. The van der Waals surface area contributed by atoms with Crippen molar-refractivity contribution >= 4 is 6.09 Å². The molecule has 16 heavy (non-hydrogen) atoms. The van der Waals surface area contributed by atoms with Crippen molar-refractivity contribution in [1.29, 1.82) is 0 Å². The van der Waals surface area contributed by atoms with Gasteiger partial charge in [-0.3, -0.25) is 0 Å². The van der Waals surface area contributed by atoms with Gasteiger partial charge in [0.15, 0.2) is 0 Å². The Balaban J connectivity index is 1.89. The van der Waals surface area contributed by atoms with Gasteiger partial charge in [-0.25, -0.2) is 4.79 Å². The van der Waals surface area contributed by atoms with Gasteiger partial charge < -0.3 is 15.7 Å². The van der Waals surface area contributed by atoms with Crippen molar-refractivity contribution in [2.75, 3.05) is 19.6 Å². The van der Waals surface area contributed by atoms with Crippen LogP contribution in [0, 0.1) is 17.3 Å². The van der Waals surface area contributed by atoms with Crippen molar-refractivity contribution in [3.63, 3.8) is 0 Å². The van der Waals surface area contributed by atoms with Crippen LogP contribution in [0.5, 0.6) is 0 Å². The lowest BCUT2D eigenvalue weighted by Crippen LogP contribution is -2.35. The number of hydrogen-bond donors (Lipinski definition) is 3. The molecular weight excluding hydrogens is 204 g/mol. The summed E-state index contributed by atoms with van der Waals surface area (Å²) >= 11 is 0. The highest BCUT2D eigenvalue weighted by Crippen LogP contribution is 2.60. The highest BCUT2D eigenvalue weighted by Gasteiger charge is 2.60. The number of fused-ring (bicyclic) bond motifs is 1. The molecule has 1 saturated heterocycles. The number of piperidine rings is 1. The Morgan fingerprint density at radius 3 is 3.00 bits per heavy atom. The van der Waals surface area contributed by atoms with Crippen LogP contribution in [0.15, 0.2) is 0 Å². The van der Waals surface area contributed by atoms with Gasteiger partial charge >= 0.3 is 6.09 Å². The molecule has 1 heterocycles. The number of carbonyl (C=O) groups is 1. The Kier molecular flexibility index (Phi) is 3.38. The van der Waals surface area contributed by atoms with Crippen molar-refractivity contribution in [2.24, 2.45) is 17.3 Å². The molecule has 3 N–H and O–H groups in total. The van der Waals surface area contributed by atoms with E-state index in [2.05, 4.69) is 17.6 Å². The smallest absolute Gasteiger partial charge is 0.404 e. The first-order valence-electron chi connectivity index (χ1n) is 6.36. The number of unbranched alkanes of at least 4 members (excludes halogenated alkanes) is 1. The summed E-state index contributed by atoms with van der Waals surface area (Å²) in [6.07, 6.45) is 3.98. The summed E-state index contributed by atoms with van der Waals surface area (Å²) in [7, 11) is 0. The fourth-order valence-corrected chi connectivity index (χ4v) is 3.27. The van der Waals surface area contributed by atoms with E-state index in [1.165, 1.54) is 19.3 Å². The third-order valence-corrected chi connectivity index (χ3v) is 4.34. The molecule has 4 heteroatoms. The summed E-state index contributed by atoms with van der Waals surface area (Å²) < 4.78 is 0. The van der Waals surface area contributed by atoms with Crippen LogP contribution in [0.2, 0.25) is 0 Å². The van der Waals surface area contributed by atoms with Crippen LogP contribution in [-0.2, 0) is 0 Å². The maximum atomic E-state index is 10.6. The Labute approximate surface area is 96.8 Å². The summed E-state index contributed by atoms with van der Waals surface area (Å²) in [5, 5.41) is 14.7. The molecule has 0 spiro atoms. The molecule has 2 fully saturated rings. The van der Waals surface area contributed by atoms with Gasteiger partial charge in [-0.05, 0) is 36.6 Å². The SMILES string of the molecule is CCCCC(CNC(=O)O)C12CNCC1C2. The average Bonchev–Trinajstić information content (AvgIpc) is 2.81. The second-order valence-corrected chi connectivity index (χ2v) is 5.29. The van der Waals surface area contributed by atoms with E-state index in [0.717, 1.165) is 25.4 Å². The molecular formula is C12H22N2O2. The van der Waals surface area contributed by atoms with E-state index in [1.54, 1.807) is 0 Å².